The molecule has 1 atom stereocenters. The summed E-state index contributed by atoms with van der Waals surface area (Å²) in [7, 11) is 0. The Morgan fingerprint density at radius 2 is 2.29 bits per heavy atom. The molecule has 8 heteroatoms. The quantitative estimate of drug-likeness (QED) is 0.821. The molecule has 1 saturated heterocycles. The van der Waals surface area contributed by atoms with Crippen molar-refractivity contribution in [1.29, 1.82) is 0 Å². The van der Waals surface area contributed by atoms with Gasteiger partial charge in [-0.3, -0.25) is 0 Å². The lowest BCUT2D eigenvalue weighted by molar-refractivity contribution is 0.345. The standard InChI is InChI=1S/C13H20N8/c1-2-20-7-4-10(9-20)8-15-12-17-11(14)18-13(19-12)21-6-3-5-16-21/h3,5-6,10H,2,4,7-9H2,1H3,(H3,14,15,17,18,19). The first-order valence-corrected chi connectivity index (χ1v) is 7.22. The van der Waals surface area contributed by atoms with Gasteiger partial charge in [-0.15, -0.1) is 0 Å². The van der Waals surface area contributed by atoms with Crippen LogP contribution < -0.4 is 11.1 Å². The topological polar surface area (TPSA) is 97.8 Å². The van der Waals surface area contributed by atoms with Crippen molar-refractivity contribution >= 4 is 11.9 Å². The number of aromatic nitrogens is 5. The van der Waals surface area contributed by atoms with E-state index in [2.05, 4.69) is 37.2 Å². The second-order valence-corrected chi connectivity index (χ2v) is 5.20. The Hall–Kier alpha value is -2.22. The monoisotopic (exact) mass is 288 g/mol. The van der Waals surface area contributed by atoms with Gasteiger partial charge in [0.1, 0.15) is 0 Å². The van der Waals surface area contributed by atoms with Crippen LogP contribution in [-0.2, 0) is 0 Å². The van der Waals surface area contributed by atoms with E-state index in [0.29, 0.717) is 17.8 Å². The summed E-state index contributed by atoms with van der Waals surface area (Å²) in [6.45, 7) is 6.44. The Balaban J connectivity index is 1.66. The fourth-order valence-electron chi connectivity index (χ4n) is 2.55. The molecule has 2 aromatic rings. The molecule has 1 aliphatic heterocycles. The van der Waals surface area contributed by atoms with Crippen LogP contribution in [0.5, 0.6) is 0 Å². The number of nitrogen functional groups attached to an aromatic ring is 1. The van der Waals surface area contributed by atoms with E-state index in [1.807, 2.05) is 6.07 Å². The molecule has 2 aromatic heterocycles. The number of nitrogens with zero attached hydrogens (tertiary/aromatic N) is 6. The molecule has 3 heterocycles. The third-order valence-corrected chi connectivity index (χ3v) is 3.72. The van der Waals surface area contributed by atoms with Crippen LogP contribution >= 0.6 is 0 Å². The number of nitrogens with two attached hydrogens (primary N) is 1. The first-order valence-electron chi connectivity index (χ1n) is 7.22. The van der Waals surface area contributed by atoms with Crippen LogP contribution in [0.3, 0.4) is 0 Å². The van der Waals surface area contributed by atoms with Crippen LogP contribution in [0.1, 0.15) is 13.3 Å². The Morgan fingerprint density at radius 1 is 1.38 bits per heavy atom. The highest BCUT2D eigenvalue weighted by atomic mass is 15.4. The SMILES string of the molecule is CCN1CCC(CNc2nc(N)nc(-n3cccn3)n2)C1. The molecule has 1 fully saturated rings. The van der Waals surface area contributed by atoms with Gasteiger partial charge in [-0.05, 0) is 31.5 Å². The predicted octanol–water partition coefficient (Wildman–Crippen LogP) is 0.393. The first kappa shape index (κ1) is 13.7. The highest BCUT2D eigenvalue weighted by Crippen LogP contribution is 2.16. The Kier molecular flexibility index (Phi) is 3.96. The second-order valence-electron chi connectivity index (χ2n) is 5.20. The number of likely N-dealkylation sites (tertiary alicyclic amines) is 1. The molecule has 0 radical (unpaired) electrons. The molecule has 3 rings (SSSR count). The maximum absolute atomic E-state index is 5.74. The van der Waals surface area contributed by atoms with Crippen LogP contribution in [-0.4, -0.2) is 55.8 Å². The van der Waals surface area contributed by atoms with Crippen molar-refractivity contribution in [2.45, 2.75) is 13.3 Å². The molecule has 21 heavy (non-hydrogen) atoms. The van der Waals surface area contributed by atoms with E-state index < -0.39 is 0 Å². The molecule has 0 aromatic carbocycles. The van der Waals surface area contributed by atoms with Crippen LogP contribution in [0.15, 0.2) is 18.5 Å². The predicted molar refractivity (Wildman–Crippen MR) is 80.1 cm³/mol. The lowest BCUT2D eigenvalue weighted by Gasteiger charge is -2.14. The van der Waals surface area contributed by atoms with E-state index in [1.54, 1.807) is 17.1 Å². The fourth-order valence-corrected chi connectivity index (χ4v) is 2.55. The van der Waals surface area contributed by atoms with E-state index in [9.17, 15) is 0 Å². The van der Waals surface area contributed by atoms with Crippen LogP contribution in [0.4, 0.5) is 11.9 Å². The minimum Gasteiger partial charge on any atom is -0.368 e. The third kappa shape index (κ3) is 3.27. The third-order valence-electron chi connectivity index (χ3n) is 3.72. The number of hydrogen-bond donors (Lipinski definition) is 2. The molecule has 3 N–H and O–H groups in total. The van der Waals surface area contributed by atoms with Gasteiger partial charge in [0, 0.05) is 25.5 Å². The lowest BCUT2D eigenvalue weighted by atomic mass is 10.1. The zero-order valence-corrected chi connectivity index (χ0v) is 12.1. The minimum atomic E-state index is 0.194. The van der Waals surface area contributed by atoms with Crippen molar-refractivity contribution in [2.24, 2.45) is 5.92 Å². The van der Waals surface area contributed by atoms with Crippen molar-refractivity contribution in [3.63, 3.8) is 0 Å². The van der Waals surface area contributed by atoms with Gasteiger partial charge in [0.15, 0.2) is 0 Å². The van der Waals surface area contributed by atoms with Crippen molar-refractivity contribution in [1.82, 2.24) is 29.6 Å². The van der Waals surface area contributed by atoms with Crippen LogP contribution in [0, 0.1) is 5.92 Å². The fraction of sp³-hybridized carbons (Fsp3) is 0.538. The summed E-state index contributed by atoms with van der Waals surface area (Å²) in [4.78, 5) is 15.0. The summed E-state index contributed by atoms with van der Waals surface area (Å²) >= 11 is 0. The molecular formula is C13H20N8. The van der Waals surface area contributed by atoms with Gasteiger partial charge in [-0.1, -0.05) is 6.92 Å². The average Bonchev–Trinajstić information content (AvgIpc) is 3.16. The van der Waals surface area contributed by atoms with E-state index in [4.69, 9.17) is 5.73 Å². The normalized spacial score (nSPS) is 19.0. The lowest BCUT2D eigenvalue weighted by Crippen LogP contribution is -2.23. The Bertz CT molecular complexity index is 582. The molecule has 0 saturated carbocycles. The number of rotatable bonds is 5. The molecule has 0 spiro atoms. The maximum atomic E-state index is 5.74. The molecule has 0 amide bonds. The van der Waals surface area contributed by atoms with Gasteiger partial charge >= 0.3 is 0 Å². The van der Waals surface area contributed by atoms with E-state index in [-0.39, 0.29) is 5.95 Å². The highest BCUT2D eigenvalue weighted by molar-refractivity contribution is 5.34. The Morgan fingerprint density at radius 3 is 3.00 bits per heavy atom. The molecule has 0 aliphatic carbocycles. The molecule has 8 nitrogen and oxygen atoms in total. The molecular weight excluding hydrogens is 268 g/mol. The molecule has 1 unspecified atom stereocenters. The largest absolute Gasteiger partial charge is 0.368 e. The van der Waals surface area contributed by atoms with E-state index in [1.165, 1.54) is 13.0 Å². The van der Waals surface area contributed by atoms with Gasteiger partial charge in [-0.2, -0.15) is 20.1 Å². The van der Waals surface area contributed by atoms with E-state index in [0.717, 1.165) is 19.6 Å². The summed E-state index contributed by atoms with van der Waals surface area (Å²) in [6.07, 6.45) is 4.65. The highest BCUT2D eigenvalue weighted by Gasteiger charge is 2.21. The summed E-state index contributed by atoms with van der Waals surface area (Å²) in [5.74, 6) is 1.75. The van der Waals surface area contributed by atoms with Gasteiger partial charge in [0.25, 0.3) is 5.95 Å². The first-order chi connectivity index (χ1) is 10.2. The molecule has 112 valence electrons. The minimum absolute atomic E-state index is 0.194. The zero-order valence-electron chi connectivity index (χ0n) is 12.1. The summed E-state index contributed by atoms with van der Waals surface area (Å²) in [5, 5.41) is 7.37. The van der Waals surface area contributed by atoms with Crippen molar-refractivity contribution in [3.8, 4) is 5.95 Å². The summed E-state index contributed by atoms with van der Waals surface area (Å²) in [6, 6.07) is 1.81. The number of nitrogens with one attached hydrogen (secondary N) is 1. The van der Waals surface area contributed by atoms with E-state index >= 15 is 0 Å². The van der Waals surface area contributed by atoms with Crippen molar-refractivity contribution in [2.75, 3.05) is 37.2 Å². The van der Waals surface area contributed by atoms with Crippen molar-refractivity contribution in [3.05, 3.63) is 18.5 Å². The van der Waals surface area contributed by atoms with Crippen molar-refractivity contribution < 1.29 is 0 Å². The summed E-state index contributed by atoms with van der Waals surface area (Å²) in [5.41, 5.74) is 5.74. The number of hydrogen-bond acceptors (Lipinski definition) is 7. The van der Waals surface area contributed by atoms with Gasteiger partial charge in [-0.25, -0.2) is 4.68 Å². The van der Waals surface area contributed by atoms with Gasteiger partial charge in [0.05, 0.1) is 0 Å². The number of anilines is 2. The second kappa shape index (κ2) is 6.04. The van der Waals surface area contributed by atoms with Crippen LogP contribution in [0.25, 0.3) is 5.95 Å². The Labute approximate surface area is 123 Å². The smallest absolute Gasteiger partial charge is 0.257 e. The van der Waals surface area contributed by atoms with Gasteiger partial charge < -0.3 is 16.0 Å². The van der Waals surface area contributed by atoms with Gasteiger partial charge in [0.2, 0.25) is 11.9 Å². The molecule has 1 aliphatic rings. The zero-order chi connectivity index (χ0) is 14.7. The van der Waals surface area contributed by atoms with Crippen LogP contribution in [0.2, 0.25) is 0 Å². The average molecular weight is 288 g/mol. The molecule has 0 bridgehead atoms. The maximum Gasteiger partial charge on any atom is 0.257 e. The summed E-state index contributed by atoms with van der Waals surface area (Å²) < 4.78 is 1.57.